The monoisotopic (exact) mass is 495 g/mol. The van der Waals surface area contributed by atoms with E-state index in [9.17, 15) is 41.1 Å². The van der Waals surface area contributed by atoms with Gasteiger partial charge in [-0.3, -0.25) is 4.79 Å². The van der Waals surface area contributed by atoms with Crippen molar-refractivity contribution in [1.29, 1.82) is 0 Å². The fourth-order valence-corrected chi connectivity index (χ4v) is 5.74. The van der Waals surface area contributed by atoms with Crippen molar-refractivity contribution in [3.05, 3.63) is 23.8 Å². The average Bonchev–Trinajstić information content (AvgIpc) is 2.31. The van der Waals surface area contributed by atoms with Gasteiger partial charge in [0.05, 0.1) is 23.5 Å². The molecular formula is C10H11BrF5NO5S3. The summed E-state index contributed by atoms with van der Waals surface area (Å²) in [5.41, 5.74) is -2.19. The third kappa shape index (κ3) is 5.52. The lowest BCUT2D eigenvalue weighted by atomic mass is 10.1. The maximum Gasteiger partial charge on any atom is 0.310 e. The number of anilines is 1. The first-order valence-electron chi connectivity index (χ1n) is 5.85. The number of carbonyl (C=O) groups excluding carboxylic acids is 1. The van der Waals surface area contributed by atoms with E-state index >= 15 is 0 Å². The maximum atomic E-state index is 13.1. The van der Waals surface area contributed by atoms with E-state index in [-0.39, 0.29) is 12.1 Å². The molecule has 0 fully saturated rings. The van der Waals surface area contributed by atoms with Gasteiger partial charge >= 0.3 is 10.2 Å². The lowest BCUT2D eigenvalue weighted by molar-refractivity contribution is 0.102. The highest BCUT2D eigenvalue weighted by Gasteiger charge is 2.65. The van der Waals surface area contributed by atoms with E-state index in [1.165, 1.54) is 0 Å². The Morgan fingerprint density at radius 3 is 1.76 bits per heavy atom. The SMILES string of the molecule is CS(=O)(=O)N(c1cc(C(=O)CBr)cc(S(F)(F)(F)(F)F)c1)S(C)(=O)=O. The molecule has 0 unspecified atom stereocenters. The molecule has 0 amide bonds. The summed E-state index contributed by atoms with van der Waals surface area (Å²) >= 11 is 2.64. The molecule has 1 aromatic rings. The molecule has 146 valence electrons. The topological polar surface area (TPSA) is 88.6 Å². The van der Waals surface area contributed by atoms with Crippen LogP contribution in [0, 0.1) is 0 Å². The van der Waals surface area contributed by atoms with Crippen LogP contribution >= 0.6 is 26.2 Å². The minimum absolute atomic E-state index is 0.155. The number of hydrogen-bond donors (Lipinski definition) is 0. The Kier molecular flexibility index (Phi) is 4.89. The zero-order valence-corrected chi connectivity index (χ0v) is 16.5. The molecule has 6 nitrogen and oxygen atoms in total. The van der Waals surface area contributed by atoms with Crippen molar-refractivity contribution >= 4 is 57.7 Å². The minimum atomic E-state index is -10.3. The first-order chi connectivity index (χ1) is 10.7. The van der Waals surface area contributed by atoms with Gasteiger partial charge in [0.2, 0.25) is 20.0 Å². The molecule has 15 heteroatoms. The molecule has 25 heavy (non-hydrogen) atoms. The summed E-state index contributed by atoms with van der Waals surface area (Å²) < 4.78 is 112. The molecule has 0 atom stereocenters. The number of rotatable bonds is 6. The molecule has 0 N–H and O–H groups in total. The fourth-order valence-electron chi connectivity index (χ4n) is 1.78. The number of hydrogen-bond acceptors (Lipinski definition) is 5. The Balaban J connectivity index is 4.00. The van der Waals surface area contributed by atoms with E-state index in [0.717, 1.165) is 0 Å². The Labute approximate surface area is 149 Å². The summed E-state index contributed by atoms with van der Waals surface area (Å²) in [6.45, 7) is 0. The van der Waals surface area contributed by atoms with Crippen LogP contribution in [0.25, 0.3) is 0 Å². The quantitative estimate of drug-likeness (QED) is 0.341. The van der Waals surface area contributed by atoms with Crippen molar-refractivity contribution in [1.82, 2.24) is 0 Å². The number of benzene rings is 1. The van der Waals surface area contributed by atoms with Crippen molar-refractivity contribution in [2.45, 2.75) is 4.90 Å². The average molecular weight is 496 g/mol. The van der Waals surface area contributed by atoms with Gasteiger partial charge in [-0.05, 0) is 18.2 Å². The lowest BCUT2D eigenvalue weighted by Gasteiger charge is -2.41. The van der Waals surface area contributed by atoms with E-state index in [1.54, 1.807) is 0 Å². The molecule has 0 aliphatic heterocycles. The second-order valence-electron chi connectivity index (χ2n) is 4.96. The molecule has 0 aliphatic rings. The standard InChI is InChI=1S/C10H11BrF5NO5S3/c1-23(19,20)17(24(2,21)22)8-3-7(10(18)6-11)4-9(5-8)25(12,13,14,15)16/h3-5H,6H2,1-2H3. The number of Topliss-reactive ketones (excluding diaryl/α,β-unsaturated/α-hetero) is 1. The summed E-state index contributed by atoms with van der Waals surface area (Å²) in [6.07, 6.45) is 0.707. The van der Waals surface area contributed by atoms with Crippen LogP contribution in [0.3, 0.4) is 0 Å². The molecule has 1 aromatic carbocycles. The van der Waals surface area contributed by atoms with E-state index in [4.69, 9.17) is 0 Å². The predicted octanol–water partition coefficient (Wildman–Crippen LogP) is 3.65. The molecule has 0 radical (unpaired) electrons. The van der Waals surface area contributed by atoms with Crippen LogP contribution in [-0.2, 0) is 20.0 Å². The van der Waals surface area contributed by atoms with Gasteiger partial charge in [0.25, 0.3) is 0 Å². The van der Waals surface area contributed by atoms with Gasteiger partial charge in [0.1, 0.15) is 4.90 Å². The second kappa shape index (κ2) is 5.53. The fraction of sp³-hybridized carbons (Fsp3) is 0.300. The van der Waals surface area contributed by atoms with E-state index in [2.05, 4.69) is 15.9 Å². The predicted molar refractivity (Wildman–Crippen MR) is 88.1 cm³/mol. The highest BCUT2D eigenvalue weighted by Crippen LogP contribution is 3.02. The van der Waals surface area contributed by atoms with E-state index < -0.39 is 61.2 Å². The summed E-state index contributed by atoms with van der Waals surface area (Å²) in [6, 6.07) is -0.00918. The van der Waals surface area contributed by atoms with Crippen LogP contribution in [0.4, 0.5) is 25.1 Å². The van der Waals surface area contributed by atoms with Crippen LogP contribution < -0.4 is 3.71 Å². The van der Waals surface area contributed by atoms with E-state index in [1.807, 2.05) is 0 Å². The number of ketones is 1. The summed E-state index contributed by atoms with van der Waals surface area (Å²) in [7, 11) is -19.7. The van der Waals surface area contributed by atoms with Crippen molar-refractivity contribution in [3.8, 4) is 0 Å². The van der Waals surface area contributed by atoms with Crippen LogP contribution in [0.15, 0.2) is 23.1 Å². The Morgan fingerprint density at radius 2 is 1.44 bits per heavy atom. The van der Waals surface area contributed by atoms with Crippen molar-refractivity contribution < 1.29 is 41.1 Å². The largest absolute Gasteiger partial charge is 0.310 e. The van der Waals surface area contributed by atoms with Crippen molar-refractivity contribution in [2.24, 2.45) is 0 Å². The maximum absolute atomic E-state index is 13.1. The first kappa shape index (κ1) is 22.1. The third-order valence-electron chi connectivity index (χ3n) is 2.59. The Hall–Kier alpha value is -0.930. The molecule has 0 heterocycles. The third-order valence-corrected chi connectivity index (χ3v) is 7.48. The zero-order valence-electron chi connectivity index (χ0n) is 12.4. The lowest BCUT2D eigenvalue weighted by Crippen LogP contribution is -2.35. The molecule has 1 rings (SSSR count). The molecule has 0 saturated carbocycles. The van der Waals surface area contributed by atoms with Crippen molar-refractivity contribution in [2.75, 3.05) is 21.6 Å². The van der Waals surface area contributed by atoms with Gasteiger partial charge in [0, 0.05) is 5.56 Å². The minimum Gasteiger partial charge on any atom is -0.293 e. The summed E-state index contributed by atoms with van der Waals surface area (Å²) in [5, 5.41) is -0.562. The normalized spacial score (nSPS) is 16.0. The molecular weight excluding hydrogens is 485 g/mol. The van der Waals surface area contributed by atoms with Gasteiger partial charge in [-0.1, -0.05) is 35.4 Å². The van der Waals surface area contributed by atoms with Gasteiger partial charge in [0.15, 0.2) is 5.78 Å². The van der Waals surface area contributed by atoms with Gasteiger partial charge in [-0.2, -0.15) is 3.71 Å². The molecule has 0 bridgehead atoms. The highest BCUT2D eigenvalue weighted by atomic mass is 79.9. The molecule has 0 saturated heterocycles. The molecule has 0 aliphatic carbocycles. The number of halogens is 6. The van der Waals surface area contributed by atoms with Crippen LogP contribution in [0.1, 0.15) is 10.4 Å². The van der Waals surface area contributed by atoms with Crippen molar-refractivity contribution in [3.63, 3.8) is 0 Å². The zero-order chi connectivity index (χ0) is 20.1. The van der Waals surface area contributed by atoms with Crippen LogP contribution in [0.5, 0.6) is 0 Å². The first-order valence-corrected chi connectivity index (χ1v) is 12.6. The number of nitrogens with zero attached hydrogens (tertiary/aromatic N) is 1. The summed E-state index contributed by atoms with van der Waals surface area (Å²) in [4.78, 5) is 9.03. The van der Waals surface area contributed by atoms with Gasteiger partial charge < -0.3 is 0 Å². The van der Waals surface area contributed by atoms with Crippen LogP contribution in [0.2, 0.25) is 0 Å². The highest BCUT2D eigenvalue weighted by molar-refractivity contribution is 9.09. The number of carbonyl (C=O) groups is 1. The van der Waals surface area contributed by atoms with E-state index in [0.29, 0.717) is 18.6 Å². The molecule has 0 spiro atoms. The smallest absolute Gasteiger partial charge is 0.293 e. The molecule has 0 aromatic heterocycles. The Morgan fingerprint density at radius 1 is 1.00 bits per heavy atom. The van der Waals surface area contributed by atoms with Crippen LogP contribution in [-0.4, -0.2) is 40.5 Å². The number of alkyl halides is 1. The van der Waals surface area contributed by atoms with Gasteiger partial charge in [-0.15, -0.1) is 0 Å². The summed E-state index contributed by atoms with van der Waals surface area (Å²) in [5.74, 6) is -1.09. The second-order valence-corrected chi connectivity index (χ2v) is 11.8. The number of sulfonamides is 2. The van der Waals surface area contributed by atoms with Gasteiger partial charge in [-0.25, -0.2) is 16.8 Å². The Bertz CT molecular complexity index is 912.